The Morgan fingerprint density at radius 3 is 2.10 bits per heavy atom. The topological polar surface area (TPSA) is 37.8 Å². The number of nitrogens with one attached hydrogen (secondary N) is 1. The smallest absolute Gasteiger partial charge is 0.129 e. The lowest BCUT2D eigenvalue weighted by Gasteiger charge is -2.17. The van der Waals surface area contributed by atoms with Gasteiger partial charge in [0.05, 0.1) is 0 Å². The van der Waals surface area contributed by atoms with Gasteiger partial charge in [-0.1, -0.05) is 64.2 Å². The van der Waals surface area contributed by atoms with Crippen molar-refractivity contribution < 1.29 is 0 Å². The number of anilines is 1. The summed E-state index contributed by atoms with van der Waals surface area (Å²) in [4.78, 5) is 9.04. The summed E-state index contributed by atoms with van der Waals surface area (Å²) in [7, 11) is 1.93. The Morgan fingerprint density at radius 1 is 0.952 bits per heavy atom. The molecule has 1 aliphatic rings. The van der Waals surface area contributed by atoms with Crippen LogP contribution in [0.4, 0.5) is 5.82 Å². The average Bonchev–Trinajstić information content (AvgIpc) is 2.53. The van der Waals surface area contributed by atoms with Crippen LogP contribution in [0.3, 0.4) is 0 Å². The molecule has 3 heteroatoms. The molecule has 1 saturated carbocycles. The molecule has 0 atom stereocenters. The number of hydrogen-bond acceptors (Lipinski definition) is 3. The van der Waals surface area contributed by atoms with Crippen LogP contribution in [0.25, 0.3) is 0 Å². The van der Waals surface area contributed by atoms with Crippen LogP contribution in [0.1, 0.15) is 75.7 Å². The summed E-state index contributed by atoms with van der Waals surface area (Å²) >= 11 is 0. The Bertz CT molecular complexity index is 405. The fourth-order valence-electron chi connectivity index (χ4n) is 3.43. The zero-order chi connectivity index (χ0) is 14.9. The summed E-state index contributed by atoms with van der Waals surface area (Å²) < 4.78 is 0. The molecule has 0 bridgehead atoms. The first-order chi connectivity index (χ1) is 10.3. The van der Waals surface area contributed by atoms with Crippen molar-refractivity contribution in [1.29, 1.82) is 0 Å². The highest BCUT2D eigenvalue weighted by atomic mass is 15.0. The molecule has 1 aromatic rings. The van der Waals surface area contributed by atoms with Gasteiger partial charge in [-0.3, -0.25) is 0 Å². The highest BCUT2D eigenvalue weighted by Crippen LogP contribution is 2.24. The monoisotopic (exact) mass is 289 g/mol. The van der Waals surface area contributed by atoms with Crippen molar-refractivity contribution in [3.05, 3.63) is 17.6 Å². The fourth-order valence-corrected chi connectivity index (χ4v) is 3.43. The maximum Gasteiger partial charge on any atom is 0.129 e. The Kier molecular flexibility index (Phi) is 6.98. The van der Waals surface area contributed by atoms with Crippen LogP contribution >= 0.6 is 0 Å². The van der Waals surface area contributed by atoms with Gasteiger partial charge >= 0.3 is 0 Å². The van der Waals surface area contributed by atoms with Crippen molar-refractivity contribution in [1.82, 2.24) is 9.97 Å². The molecule has 0 unspecified atom stereocenters. The van der Waals surface area contributed by atoms with Crippen LogP contribution < -0.4 is 5.32 Å². The van der Waals surface area contributed by atoms with Gasteiger partial charge in [0, 0.05) is 18.8 Å². The van der Waals surface area contributed by atoms with Crippen LogP contribution in [0.5, 0.6) is 0 Å². The second-order valence-corrected chi connectivity index (χ2v) is 6.52. The highest BCUT2D eigenvalue weighted by Gasteiger charge is 2.12. The van der Waals surface area contributed by atoms with Gasteiger partial charge in [0.15, 0.2) is 0 Å². The number of aryl methyl sites for hydroxylation is 1. The Morgan fingerprint density at radius 2 is 1.52 bits per heavy atom. The number of aromatic nitrogens is 2. The standard InChI is InChI=1S/C18H31N3/c1-15-20-17(14-18(19-2)21-15)13-16-11-9-7-5-3-4-6-8-10-12-16/h14,16H,3-13H2,1-2H3,(H,19,20,21). The summed E-state index contributed by atoms with van der Waals surface area (Å²) in [5.74, 6) is 2.64. The van der Waals surface area contributed by atoms with Crippen molar-refractivity contribution in [3.63, 3.8) is 0 Å². The molecule has 0 saturated heterocycles. The lowest BCUT2D eigenvalue weighted by molar-refractivity contribution is 0.408. The van der Waals surface area contributed by atoms with Crippen molar-refractivity contribution in [2.24, 2.45) is 5.92 Å². The van der Waals surface area contributed by atoms with Gasteiger partial charge in [0.25, 0.3) is 0 Å². The molecule has 0 amide bonds. The molecule has 1 N–H and O–H groups in total. The summed E-state index contributed by atoms with van der Waals surface area (Å²) in [5, 5.41) is 3.14. The molecule has 1 fully saturated rings. The third-order valence-electron chi connectivity index (χ3n) is 4.62. The van der Waals surface area contributed by atoms with E-state index in [1.54, 1.807) is 0 Å². The summed E-state index contributed by atoms with van der Waals surface area (Å²) in [5.41, 5.74) is 1.21. The summed E-state index contributed by atoms with van der Waals surface area (Å²) in [6, 6.07) is 2.12. The van der Waals surface area contributed by atoms with E-state index in [1.807, 2.05) is 14.0 Å². The lowest BCUT2D eigenvalue weighted by Crippen LogP contribution is -2.09. The zero-order valence-electron chi connectivity index (χ0n) is 13.8. The van der Waals surface area contributed by atoms with Crippen molar-refractivity contribution in [2.45, 2.75) is 77.6 Å². The third kappa shape index (κ3) is 6.03. The van der Waals surface area contributed by atoms with Crippen molar-refractivity contribution in [2.75, 3.05) is 12.4 Å². The van der Waals surface area contributed by atoms with Gasteiger partial charge in [0.2, 0.25) is 0 Å². The molecule has 0 aromatic carbocycles. The van der Waals surface area contributed by atoms with Crippen molar-refractivity contribution in [3.8, 4) is 0 Å². The van der Waals surface area contributed by atoms with Crippen LogP contribution in [0.15, 0.2) is 6.07 Å². The summed E-state index contributed by atoms with van der Waals surface area (Å²) in [6.45, 7) is 1.99. The van der Waals surface area contributed by atoms with Gasteiger partial charge in [-0.05, 0) is 19.3 Å². The van der Waals surface area contributed by atoms with E-state index in [9.17, 15) is 0 Å². The molecular formula is C18H31N3. The van der Waals surface area contributed by atoms with E-state index >= 15 is 0 Å². The molecule has 0 aliphatic heterocycles. The molecular weight excluding hydrogens is 258 g/mol. The maximum absolute atomic E-state index is 4.64. The van der Waals surface area contributed by atoms with Crippen LogP contribution in [0, 0.1) is 12.8 Å². The van der Waals surface area contributed by atoms with E-state index in [2.05, 4.69) is 21.4 Å². The van der Waals surface area contributed by atoms with Gasteiger partial charge in [0.1, 0.15) is 11.6 Å². The molecule has 0 spiro atoms. The Balaban J connectivity index is 1.95. The predicted molar refractivity (Wildman–Crippen MR) is 89.7 cm³/mol. The normalized spacial score (nSPS) is 19.0. The van der Waals surface area contributed by atoms with Crippen LogP contribution in [-0.2, 0) is 6.42 Å². The van der Waals surface area contributed by atoms with E-state index in [0.29, 0.717) is 0 Å². The number of hydrogen-bond donors (Lipinski definition) is 1. The van der Waals surface area contributed by atoms with Gasteiger partial charge in [-0.15, -0.1) is 0 Å². The largest absolute Gasteiger partial charge is 0.373 e. The molecule has 1 aromatic heterocycles. The second kappa shape index (κ2) is 9.01. The SMILES string of the molecule is CNc1cc(CC2CCCCCCCCCC2)nc(C)n1. The van der Waals surface area contributed by atoms with Crippen LogP contribution in [0.2, 0.25) is 0 Å². The van der Waals surface area contributed by atoms with Crippen molar-refractivity contribution >= 4 is 5.82 Å². The highest BCUT2D eigenvalue weighted by molar-refractivity contribution is 5.35. The van der Waals surface area contributed by atoms with E-state index in [-0.39, 0.29) is 0 Å². The average molecular weight is 289 g/mol. The molecule has 2 rings (SSSR count). The van der Waals surface area contributed by atoms with E-state index in [0.717, 1.165) is 24.0 Å². The Labute approximate surface area is 130 Å². The van der Waals surface area contributed by atoms with E-state index in [4.69, 9.17) is 0 Å². The minimum Gasteiger partial charge on any atom is -0.373 e. The van der Waals surface area contributed by atoms with Gasteiger partial charge < -0.3 is 5.32 Å². The maximum atomic E-state index is 4.64. The van der Waals surface area contributed by atoms with Crippen LogP contribution in [-0.4, -0.2) is 17.0 Å². The minimum absolute atomic E-state index is 0.808. The molecule has 1 heterocycles. The second-order valence-electron chi connectivity index (χ2n) is 6.52. The first kappa shape index (κ1) is 16.3. The minimum atomic E-state index is 0.808. The van der Waals surface area contributed by atoms with E-state index in [1.165, 1.54) is 69.9 Å². The fraction of sp³-hybridized carbons (Fsp3) is 0.778. The Hall–Kier alpha value is -1.12. The number of rotatable bonds is 3. The third-order valence-corrected chi connectivity index (χ3v) is 4.62. The molecule has 1 aliphatic carbocycles. The first-order valence-corrected chi connectivity index (χ1v) is 8.80. The van der Waals surface area contributed by atoms with E-state index < -0.39 is 0 Å². The molecule has 118 valence electrons. The predicted octanol–water partition coefficient (Wildman–Crippen LogP) is 4.90. The first-order valence-electron chi connectivity index (χ1n) is 8.80. The van der Waals surface area contributed by atoms with Gasteiger partial charge in [-0.2, -0.15) is 0 Å². The zero-order valence-corrected chi connectivity index (χ0v) is 13.8. The van der Waals surface area contributed by atoms with Gasteiger partial charge in [-0.25, -0.2) is 9.97 Å². The quantitative estimate of drug-likeness (QED) is 0.860. The summed E-state index contributed by atoms with van der Waals surface area (Å²) in [6.07, 6.45) is 15.3. The molecule has 3 nitrogen and oxygen atoms in total. The molecule has 0 radical (unpaired) electrons. The number of nitrogens with zero attached hydrogens (tertiary/aromatic N) is 2. The molecule has 21 heavy (non-hydrogen) atoms. The lowest BCUT2D eigenvalue weighted by atomic mass is 9.91.